The van der Waals surface area contributed by atoms with Gasteiger partial charge in [0, 0.05) is 6.07 Å². The van der Waals surface area contributed by atoms with E-state index in [1.54, 1.807) is 37.3 Å². The van der Waals surface area contributed by atoms with Crippen LogP contribution in [0.25, 0.3) is 0 Å². The lowest BCUT2D eigenvalue weighted by atomic mass is 10.1. The molecule has 1 fully saturated rings. The fourth-order valence-corrected chi connectivity index (χ4v) is 1.68. The molecule has 5 nitrogen and oxygen atoms in total. The number of nitrogens with two attached hydrogens (primary N) is 1. The van der Waals surface area contributed by atoms with Crippen molar-refractivity contribution in [2.45, 2.75) is 6.04 Å². The SMILES string of the molecule is COc1ccc(OC)c(N2CC(N)C2=O)c1. The molecule has 1 atom stereocenters. The molecule has 1 aliphatic heterocycles. The highest BCUT2D eigenvalue weighted by atomic mass is 16.5. The van der Waals surface area contributed by atoms with E-state index in [0.717, 1.165) is 0 Å². The van der Waals surface area contributed by atoms with E-state index in [1.807, 2.05) is 0 Å². The molecule has 2 N–H and O–H groups in total. The van der Waals surface area contributed by atoms with Crippen molar-refractivity contribution in [1.29, 1.82) is 0 Å². The van der Waals surface area contributed by atoms with Crippen LogP contribution in [0.15, 0.2) is 18.2 Å². The number of amides is 1. The average Bonchev–Trinajstić information content (AvgIpc) is 2.34. The van der Waals surface area contributed by atoms with Gasteiger partial charge in [-0.1, -0.05) is 0 Å². The zero-order valence-corrected chi connectivity index (χ0v) is 9.27. The summed E-state index contributed by atoms with van der Waals surface area (Å²) in [5.41, 5.74) is 6.25. The molecular formula is C11H14N2O3. The van der Waals surface area contributed by atoms with Gasteiger partial charge < -0.3 is 20.1 Å². The van der Waals surface area contributed by atoms with E-state index in [4.69, 9.17) is 15.2 Å². The first kappa shape index (κ1) is 10.8. The van der Waals surface area contributed by atoms with Gasteiger partial charge in [0.2, 0.25) is 5.91 Å². The van der Waals surface area contributed by atoms with Crippen LogP contribution in [-0.4, -0.2) is 32.7 Å². The lowest BCUT2D eigenvalue weighted by molar-refractivity contribution is -0.123. The molecule has 0 radical (unpaired) electrons. The predicted molar refractivity (Wildman–Crippen MR) is 59.9 cm³/mol. The summed E-state index contributed by atoms with van der Waals surface area (Å²) in [6.45, 7) is 0.516. The average molecular weight is 222 g/mol. The Morgan fingerprint density at radius 3 is 2.62 bits per heavy atom. The third-order valence-electron chi connectivity index (χ3n) is 2.64. The van der Waals surface area contributed by atoms with E-state index in [9.17, 15) is 4.79 Å². The van der Waals surface area contributed by atoms with Crippen molar-refractivity contribution in [1.82, 2.24) is 0 Å². The van der Waals surface area contributed by atoms with E-state index in [-0.39, 0.29) is 5.91 Å². The van der Waals surface area contributed by atoms with Gasteiger partial charge in [-0.15, -0.1) is 0 Å². The van der Waals surface area contributed by atoms with Crippen LogP contribution in [-0.2, 0) is 4.79 Å². The molecule has 1 saturated heterocycles. The molecule has 0 aromatic heterocycles. The number of β-lactam (4-membered cyclic amide) rings is 1. The molecule has 1 aromatic rings. The molecule has 0 aliphatic carbocycles. The Balaban J connectivity index is 2.34. The van der Waals surface area contributed by atoms with Gasteiger partial charge in [-0.05, 0) is 12.1 Å². The minimum Gasteiger partial charge on any atom is -0.497 e. The smallest absolute Gasteiger partial charge is 0.245 e. The standard InChI is InChI=1S/C11H14N2O3/c1-15-7-3-4-10(16-2)9(5-7)13-6-8(12)11(13)14/h3-5,8H,6,12H2,1-2H3. The second-order valence-electron chi connectivity index (χ2n) is 3.59. The first-order valence-corrected chi connectivity index (χ1v) is 4.96. The Labute approximate surface area is 93.7 Å². The molecule has 0 saturated carbocycles. The number of rotatable bonds is 3. The van der Waals surface area contributed by atoms with Crippen molar-refractivity contribution >= 4 is 11.6 Å². The maximum absolute atomic E-state index is 11.5. The Bertz CT molecular complexity index is 420. The maximum atomic E-state index is 11.5. The van der Waals surface area contributed by atoms with Crippen LogP contribution >= 0.6 is 0 Å². The molecule has 5 heteroatoms. The van der Waals surface area contributed by atoms with Crippen LogP contribution in [0.3, 0.4) is 0 Å². The molecule has 1 unspecified atom stereocenters. The molecule has 0 spiro atoms. The first-order valence-electron chi connectivity index (χ1n) is 4.96. The van der Waals surface area contributed by atoms with Crippen molar-refractivity contribution in [3.63, 3.8) is 0 Å². The first-order chi connectivity index (χ1) is 7.67. The second-order valence-corrected chi connectivity index (χ2v) is 3.59. The van der Waals surface area contributed by atoms with Gasteiger partial charge in [0.1, 0.15) is 17.5 Å². The van der Waals surface area contributed by atoms with Gasteiger partial charge >= 0.3 is 0 Å². The van der Waals surface area contributed by atoms with E-state index in [1.165, 1.54) is 0 Å². The van der Waals surface area contributed by atoms with E-state index >= 15 is 0 Å². The van der Waals surface area contributed by atoms with E-state index < -0.39 is 6.04 Å². The fourth-order valence-electron chi connectivity index (χ4n) is 1.68. The zero-order valence-electron chi connectivity index (χ0n) is 9.27. The Hall–Kier alpha value is -1.75. The van der Waals surface area contributed by atoms with Gasteiger partial charge in [-0.2, -0.15) is 0 Å². The maximum Gasteiger partial charge on any atom is 0.245 e. The van der Waals surface area contributed by atoms with Crippen LogP contribution < -0.4 is 20.1 Å². The zero-order chi connectivity index (χ0) is 11.7. The molecule has 1 heterocycles. The summed E-state index contributed by atoms with van der Waals surface area (Å²) in [6, 6.07) is 4.93. The second kappa shape index (κ2) is 4.02. The van der Waals surface area contributed by atoms with Gasteiger partial charge in [-0.25, -0.2) is 0 Å². The summed E-state index contributed by atoms with van der Waals surface area (Å²) in [5, 5.41) is 0. The highest BCUT2D eigenvalue weighted by Crippen LogP contribution is 2.34. The van der Waals surface area contributed by atoms with Crippen LogP contribution in [0.1, 0.15) is 0 Å². The number of ether oxygens (including phenoxy) is 2. The highest BCUT2D eigenvalue weighted by molar-refractivity contribution is 6.05. The van der Waals surface area contributed by atoms with Gasteiger partial charge in [0.15, 0.2) is 0 Å². The number of nitrogens with zero attached hydrogens (tertiary/aromatic N) is 1. The van der Waals surface area contributed by atoms with Crippen LogP contribution in [0, 0.1) is 0 Å². The third-order valence-corrected chi connectivity index (χ3v) is 2.64. The molecule has 1 aliphatic rings. The summed E-state index contributed by atoms with van der Waals surface area (Å²) in [6.07, 6.45) is 0. The summed E-state index contributed by atoms with van der Waals surface area (Å²) in [7, 11) is 3.14. The number of anilines is 1. The quantitative estimate of drug-likeness (QED) is 0.751. The summed E-state index contributed by atoms with van der Waals surface area (Å²) in [4.78, 5) is 13.1. The van der Waals surface area contributed by atoms with E-state index in [0.29, 0.717) is 23.7 Å². The van der Waals surface area contributed by atoms with Crippen LogP contribution in [0.5, 0.6) is 11.5 Å². The number of carbonyl (C=O) groups is 1. The minimum atomic E-state index is -0.393. The van der Waals surface area contributed by atoms with Crippen molar-refractivity contribution < 1.29 is 14.3 Å². The fraction of sp³-hybridized carbons (Fsp3) is 0.364. The Morgan fingerprint density at radius 2 is 2.12 bits per heavy atom. The monoisotopic (exact) mass is 222 g/mol. The number of hydrogen-bond donors (Lipinski definition) is 1. The van der Waals surface area contributed by atoms with Crippen molar-refractivity contribution in [2.75, 3.05) is 25.7 Å². The van der Waals surface area contributed by atoms with Crippen molar-refractivity contribution in [3.05, 3.63) is 18.2 Å². The molecule has 86 valence electrons. The molecule has 16 heavy (non-hydrogen) atoms. The summed E-state index contributed by atoms with van der Waals surface area (Å²) in [5.74, 6) is 1.23. The van der Waals surface area contributed by atoms with Crippen LogP contribution in [0.4, 0.5) is 5.69 Å². The van der Waals surface area contributed by atoms with Gasteiger partial charge in [0.25, 0.3) is 0 Å². The normalized spacial score (nSPS) is 19.3. The molecule has 0 bridgehead atoms. The minimum absolute atomic E-state index is 0.0912. The molecule has 1 amide bonds. The topological polar surface area (TPSA) is 64.8 Å². The number of hydrogen-bond acceptors (Lipinski definition) is 4. The molecule has 1 aromatic carbocycles. The van der Waals surface area contributed by atoms with Crippen molar-refractivity contribution in [2.24, 2.45) is 5.73 Å². The van der Waals surface area contributed by atoms with Gasteiger partial charge in [-0.3, -0.25) is 4.79 Å². The third kappa shape index (κ3) is 1.59. The summed E-state index contributed by atoms with van der Waals surface area (Å²) >= 11 is 0. The largest absolute Gasteiger partial charge is 0.497 e. The Morgan fingerprint density at radius 1 is 1.38 bits per heavy atom. The number of carbonyl (C=O) groups excluding carboxylic acids is 1. The highest BCUT2D eigenvalue weighted by Gasteiger charge is 2.36. The molecule has 2 rings (SSSR count). The number of benzene rings is 1. The lowest BCUT2D eigenvalue weighted by Gasteiger charge is -2.36. The predicted octanol–water partition coefficient (Wildman–Crippen LogP) is 0.378. The number of methoxy groups -OCH3 is 2. The molecular weight excluding hydrogens is 208 g/mol. The Kier molecular flexibility index (Phi) is 2.70. The van der Waals surface area contributed by atoms with Crippen LogP contribution in [0.2, 0.25) is 0 Å². The van der Waals surface area contributed by atoms with Crippen molar-refractivity contribution in [3.8, 4) is 11.5 Å². The van der Waals surface area contributed by atoms with E-state index in [2.05, 4.69) is 0 Å². The van der Waals surface area contributed by atoms with Gasteiger partial charge in [0.05, 0.1) is 26.5 Å². The summed E-state index contributed by atoms with van der Waals surface area (Å²) < 4.78 is 10.3. The lowest BCUT2D eigenvalue weighted by Crippen LogP contribution is -2.61.